The third-order valence-corrected chi connectivity index (χ3v) is 3.52. The zero-order valence-electron chi connectivity index (χ0n) is 11.6. The summed E-state index contributed by atoms with van der Waals surface area (Å²) in [6.07, 6.45) is 3.41. The second kappa shape index (κ2) is 6.07. The number of aromatic nitrogens is 1. The largest absolute Gasteiger partial charge is 0.478 e. The number of aryl methyl sites for hydroxylation is 1. The predicted octanol–water partition coefficient (Wildman–Crippen LogP) is 1.40. The number of nitrogens with two attached hydrogens (primary N) is 1. The highest BCUT2D eigenvalue weighted by atomic mass is 16.4. The van der Waals surface area contributed by atoms with E-state index in [1.807, 2.05) is 17.7 Å². The molecule has 20 heavy (non-hydrogen) atoms. The SMILES string of the molecule is CCc1cc(C(=O)O)cc2c(CCN)cn(CCO)c12. The topological polar surface area (TPSA) is 88.5 Å². The molecule has 0 amide bonds. The molecular formula is C15H20N2O3. The lowest BCUT2D eigenvalue weighted by Gasteiger charge is -2.08. The Labute approximate surface area is 117 Å². The lowest BCUT2D eigenvalue weighted by molar-refractivity contribution is 0.0697. The van der Waals surface area contributed by atoms with Crippen LogP contribution in [0.3, 0.4) is 0 Å². The van der Waals surface area contributed by atoms with Gasteiger partial charge in [-0.05, 0) is 42.6 Å². The molecule has 0 aliphatic heterocycles. The summed E-state index contributed by atoms with van der Waals surface area (Å²) >= 11 is 0. The van der Waals surface area contributed by atoms with Gasteiger partial charge in [0.05, 0.1) is 17.7 Å². The molecule has 0 spiro atoms. The summed E-state index contributed by atoms with van der Waals surface area (Å²) in [4.78, 5) is 11.2. The molecule has 0 unspecified atom stereocenters. The second-order valence-electron chi connectivity index (χ2n) is 4.80. The van der Waals surface area contributed by atoms with Crippen LogP contribution in [-0.2, 0) is 19.4 Å². The molecule has 0 saturated heterocycles. The molecule has 4 N–H and O–H groups in total. The lowest BCUT2D eigenvalue weighted by atomic mass is 10.0. The number of rotatable bonds is 6. The summed E-state index contributed by atoms with van der Waals surface area (Å²) in [7, 11) is 0. The van der Waals surface area contributed by atoms with Crippen LogP contribution in [0.5, 0.6) is 0 Å². The minimum atomic E-state index is -0.921. The molecule has 0 bridgehead atoms. The van der Waals surface area contributed by atoms with Gasteiger partial charge in [0, 0.05) is 18.1 Å². The third kappa shape index (κ3) is 2.55. The number of benzene rings is 1. The van der Waals surface area contributed by atoms with Gasteiger partial charge in [0.2, 0.25) is 0 Å². The fourth-order valence-electron chi connectivity index (χ4n) is 2.63. The molecule has 2 aromatic rings. The molecule has 1 aromatic heterocycles. The van der Waals surface area contributed by atoms with Crippen molar-refractivity contribution in [3.8, 4) is 0 Å². The van der Waals surface area contributed by atoms with Crippen molar-refractivity contribution in [1.29, 1.82) is 0 Å². The molecule has 108 valence electrons. The van der Waals surface area contributed by atoms with Crippen LogP contribution >= 0.6 is 0 Å². The second-order valence-corrected chi connectivity index (χ2v) is 4.80. The fraction of sp³-hybridized carbons (Fsp3) is 0.400. The van der Waals surface area contributed by atoms with E-state index in [1.165, 1.54) is 0 Å². The number of aromatic carboxylic acids is 1. The highest BCUT2D eigenvalue weighted by Crippen LogP contribution is 2.27. The minimum Gasteiger partial charge on any atom is -0.478 e. The van der Waals surface area contributed by atoms with Crippen LogP contribution in [0, 0.1) is 0 Å². The Balaban J connectivity index is 2.74. The van der Waals surface area contributed by atoms with E-state index in [2.05, 4.69) is 0 Å². The zero-order chi connectivity index (χ0) is 14.7. The number of nitrogens with zero attached hydrogens (tertiary/aromatic N) is 1. The van der Waals surface area contributed by atoms with Gasteiger partial charge in [-0.3, -0.25) is 0 Å². The normalized spacial score (nSPS) is 11.2. The van der Waals surface area contributed by atoms with Gasteiger partial charge in [-0.2, -0.15) is 0 Å². The summed E-state index contributed by atoms with van der Waals surface area (Å²) in [5, 5.41) is 19.3. The Morgan fingerprint density at radius 1 is 1.35 bits per heavy atom. The number of fused-ring (bicyclic) bond motifs is 1. The molecule has 5 nitrogen and oxygen atoms in total. The van der Waals surface area contributed by atoms with Crippen molar-refractivity contribution in [2.75, 3.05) is 13.2 Å². The van der Waals surface area contributed by atoms with Crippen LogP contribution in [0.15, 0.2) is 18.3 Å². The van der Waals surface area contributed by atoms with E-state index in [0.29, 0.717) is 25.1 Å². The van der Waals surface area contributed by atoms with Crippen molar-refractivity contribution in [1.82, 2.24) is 4.57 Å². The molecule has 0 aliphatic rings. The summed E-state index contributed by atoms with van der Waals surface area (Å²) in [6.45, 7) is 3.06. The Kier molecular flexibility index (Phi) is 4.42. The average molecular weight is 276 g/mol. The molecule has 2 rings (SSSR count). The standard InChI is InChI=1S/C15H20N2O3/c1-2-10-7-12(15(19)20)8-13-11(3-4-16)9-17(5-6-18)14(10)13/h7-9,18H,2-6,16H2,1H3,(H,19,20). The van der Waals surface area contributed by atoms with Gasteiger partial charge in [-0.25, -0.2) is 4.79 Å². The maximum absolute atomic E-state index is 11.2. The van der Waals surface area contributed by atoms with Gasteiger partial charge in [0.15, 0.2) is 0 Å². The van der Waals surface area contributed by atoms with Crippen molar-refractivity contribution >= 4 is 16.9 Å². The van der Waals surface area contributed by atoms with E-state index in [9.17, 15) is 15.0 Å². The summed E-state index contributed by atoms with van der Waals surface area (Å²) < 4.78 is 1.99. The third-order valence-electron chi connectivity index (χ3n) is 3.52. The van der Waals surface area contributed by atoms with Gasteiger partial charge < -0.3 is 20.5 Å². The van der Waals surface area contributed by atoms with Crippen LogP contribution in [0.4, 0.5) is 0 Å². The lowest BCUT2D eigenvalue weighted by Crippen LogP contribution is -2.03. The number of carboxylic acids is 1. The Morgan fingerprint density at radius 3 is 2.65 bits per heavy atom. The first-order chi connectivity index (χ1) is 9.62. The highest BCUT2D eigenvalue weighted by Gasteiger charge is 2.15. The highest BCUT2D eigenvalue weighted by molar-refractivity contribution is 5.96. The summed E-state index contributed by atoms with van der Waals surface area (Å²) in [5.41, 5.74) is 8.96. The predicted molar refractivity (Wildman–Crippen MR) is 78.1 cm³/mol. The summed E-state index contributed by atoms with van der Waals surface area (Å²) in [5.74, 6) is -0.921. The van der Waals surface area contributed by atoms with E-state index in [4.69, 9.17) is 5.73 Å². The number of carbonyl (C=O) groups is 1. The van der Waals surface area contributed by atoms with E-state index >= 15 is 0 Å². The number of aliphatic hydroxyl groups excluding tert-OH is 1. The number of hydrogen-bond acceptors (Lipinski definition) is 3. The monoisotopic (exact) mass is 276 g/mol. The van der Waals surface area contributed by atoms with E-state index in [0.717, 1.165) is 28.5 Å². The first kappa shape index (κ1) is 14.6. The van der Waals surface area contributed by atoms with Gasteiger partial charge in [0.25, 0.3) is 0 Å². The average Bonchev–Trinajstić information content (AvgIpc) is 2.77. The Morgan fingerprint density at radius 2 is 2.10 bits per heavy atom. The van der Waals surface area contributed by atoms with Gasteiger partial charge in [-0.1, -0.05) is 6.92 Å². The smallest absolute Gasteiger partial charge is 0.335 e. The van der Waals surface area contributed by atoms with E-state index in [-0.39, 0.29) is 6.61 Å². The summed E-state index contributed by atoms with van der Waals surface area (Å²) in [6, 6.07) is 3.42. The van der Waals surface area contributed by atoms with Gasteiger partial charge in [0.1, 0.15) is 0 Å². The maximum Gasteiger partial charge on any atom is 0.335 e. The molecule has 5 heteroatoms. The maximum atomic E-state index is 11.2. The van der Waals surface area contributed by atoms with Crippen molar-refractivity contribution in [3.05, 3.63) is 35.0 Å². The van der Waals surface area contributed by atoms with Crippen molar-refractivity contribution < 1.29 is 15.0 Å². The number of hydrogen-bond donors (Lipinski definition) is 3. The molecule has 0 aliphatic carbocycles. The van der Waals surface area contributed by atoms with E-state index in [1.54, 1.807) is 12.1 Å². The molecule has 0 fully saturated rings. The first-order valence-corrected chi connectivity index (χ1v) is 6.81. The molecule has 0 atom stereocenters. The molecule has 0 saturated carbocycles. The quantitative estimate of drug-likeness (QED) is 0.744. The van der Waals surface area contributed by atoms with Crippen LogP contribution in [0.2, 0.25) is 0 Å². The number of carboxylic acid groups (broad SMARTS) is 1. The van der Waals surface area contributed by atoms with Crippen LogP contribution in [0.1, 0.15) is 28.4 Å². The van der Waals surface area contributed by atoms with Crippen molar-refractivity contribution in [3.63, 3.8) is 0 Å². The van der Waals surface area contributed by atoms with Crippen LogP contribution in [0.25, 0.3) is 10.9 Å². The number of aliphatic hydroxyl groups is 1. The molecule has 0 radical (unpaired) electrons. The fourth-order valence-corrected chi connectivity index (χ4v) is 2.63. The Hall–Kier alpha value is -1.85. The van der Waals surface area contributed by atoms with Crippen molar-refractivity contribution in [2.24, 2.45) is 5.73 Å². The first-order valence-electron chi connectivity index (χ1n) is 6.81. The van der Waals surface area contributed by atoms with Crippen LogP contribution in [-0.4, -0.2) is 33.9 Å². The zero-order valence-corrected chi connectivity index (χ0v) is 11.6. The van der Waals surface area contributed by atoms with Gasteiger partial charge >= 0.3 is 5.97 Å². The molecular weight excluding hydrogens is 256 g/mol. The van der Waals surface area contributed by atoms with E-state index < -0.39 is 5.97 Å². The van der Waals surface area contributed by atoms with Crippen LogP contribution < -0.4 is 5.73 Å². The molecule has 1 aromatic carbocycles. The minimum absolute atomic E-state index is 0.0513. The molecule has 1 heterocycles. The van der Waals surface area contributed by atoms with Crippen molar-refractivity contribution in [2.45, 2.75) is 26.3 Å². The van der Waals surface area contributed by atoms with Gasteiger partial charge in [-0.15, -0.1) is 0 Å². The Bertz CT molecular complexity index is 632.